The summed E-state index contributed by atoms with van der Waals surface area (Å²) < 4.78 is 0. The van der Waals surface area contributed by atoms with Gasteiger partial charge in [-0.1, -0.05) is 38.1 Å². The van der Waals surface area contributed by atoms with Gasteiger partial charge in [-0.25, -0.2) is 0 Å². The first kappa shape index (κ1) is 15.5. The third-order valence-electron chi connectivity index (χ3n) is 4.23. The van der Waals surface area contributed by atoms with E-state index in [4.69, 9.17) is 0 Å². The quantitative estimate of drug-likeness (QED) is 0.859. The van der Waals surface area contributed by atoms with E-state index in [1.807, 2.05) is 0 Å². The Balaban J connectivity index is 1.90. The number of hydrogen-bond acceptors (Lipinski definition) is 3. The van der Waals surface area contributed by atoms with E-state index in [0.29, 0.717) is 6.04 Å². The molecule has 112 valence electrons. The lowest BCUT2D eigenvalue weighted by Gasteiger charge is -2.39. The Morgan fingerprint density at radius 3 is 2.70 bits per heavy atom. The summed E-state index contributed by atoms with van der Waals surface area (Å²) in [6, 6.07) is 9.68. The van der Waals surface area contributed by atoms with Gasteiger partial charge in [-0.05, 0) is 31.1 Å². The Labute approximate surface area is 124 Å². The smallest absolute Gasteiger partial charge is 0.0235 e. The summed E-state index contributed by atoms with van der Waals surface area (Å²) in [5.41, 5.74) is 2.84. The molecule has 0 radical (unpaired) electrons. The van der Waals surface area contributed by atoms with Gasteiger partial charge in [-0.2, -0.15) is 0 Å². The number of hydrogen-bond donors (Lipinski definition) is 1. The van der Waals surface area contributed by atoms with Crippen molar-refractivity contribution >= 4 is 0 Å². The molecule has 1 aliphatic rings. The number of benzene rings is 1. The molecule has 0 saturated carbocycles. The largest absolute Gasteiger partial charge is 0.313 e. The highest BCUT2D eigenvalue weighted by molar-refractivity contribution is 5.23. The number of nitrogens with zero attached hydrogens (tertiary/aromatic N) is 2. The number of nitrogens with one attached hydrogen (secondary N) is 1. The molecule has 1 aromatic rings. The van der Waals surface area contributed by atoms with Crippen LogP contribution in [0.1, 0.15) is 31.9 Å². The molecule has 0 amide bonds. The highest BCUT2D eigenvalue weighted by Gasteiger charge is 2.22. The maximum Gasteiger partial charge on any atom is 0.0235 e. The minimum atomic E-state index is 0.679. The van der Waals surface area contributed by atoms with Gasteiger partial charge < -0.3 is 5.32 Å². The van der Waals surface area contributed by atoms with Gasteiger partial charge in [0.05, 0.1) is 0 Å². The lowest BCUT2D eigenvalue weighted by atomic mass is 10.1. The molecule has 3 nitrogen and oxygen atoms in total. The normalized spacial score (nSPS) is 21.2. The summed E-state index contributed by atoms with van der Waals surface area (Å²) in [5, 5.41) is 3.40. The Kier molecular flexibility index (Phi) is 6.02. The van der Waals surface area contributed by atoms with Gasteiger partial charge in [0.25, 0.3) is 0 Å². The fraction of sp³-hybridized carbons (Fsp3) is 0.647. The van der Waals surface area contributed by atoms with E-state index in [1.54, 1.807) is 0 Å². The third kappa shape index (κ3) is 4.30. The van der Waals surface area contributed by atoms with Crippen molar-refractivity contribution < 1.29 is 0 Å². The molecule has 1 N–H and O–H groups in total. The maximum atomic E-state index is 3.40. The fourth-order valence-corrected chi connectivity index (χ4v) is 3.05. The van der Waals surface area contributed by atoms with Gasteiger partial charge in [-0.3, -0.25) is 9.80 Å². The van der Waals surface area contributed by atoms with Crippen LogP contribution in [0.3, 0.4) is 0 Å². The van der Waals surface area contributed by atoms with E-state index in [-0.39, 0.29) is 0 Å². The van der Waals surface area contributed by atoms with Crippen molar-refractivity contribution in [3.63, 3.8) is 0 Å². The highest BCUT2D eigenvalue weighted by atomic mass is 15.3. The van der Waals surface area contributed by atoms with Crippen molar-refractivity contribution in [2.75, 3.05) is 32.7 Å². The molecule has 0 bridgehead atoms. The third-order valence-corrected chi connectivity index (χ3v) is 4.23. The first-order valence-electron chi connectivity index (χ1n) is 7.97. The minimum absolute atomic E-state index is 0.679. The SMILES string of the molecule is CCNCc1cccc(CN2CCN(CC)C(C)C2)c1. The monoisotopic (exact) mass is 275 g/mol. The molecule has 1 fully saturated rings. The molecule has 3 heteroatoms. The van der Waals surface area contributed by atoms with Crippen LogP contribution in [0.15, 0.2) is 24.3 Å². The minimum Gasteiger partial charge on any atom is -0.313 e. The summed E-state index contributed by atoms with van der Waals surface area (Å²) in [5.74, 6) is 0. The Morgan fingerprint density at radius 2 is 2.00 bits per heavy atom. The van der Waals surface area contributed by atoms with Crippen molar-refractivity contribution in [2.24, 2.45) is 0 Å². The van der Waals surface area contributed by atoms with Crippen LogP contribution in [0.5, 0.6) is 0 Å². The molecular formula is C17H29N3. The van der Waals surface area contributed by atoms with Crippen molar-refractivity contribution in [1.29, 1.82) is 0 Å². The zero-order valence-electron chi connectivity index (χ0n) is 13.2. The Hall–Kier alpha value is -0.900. The van der Waals surface area contributed by atoms with Crippen LogP contribution in [0.25, 0.3) is 0 Å². The van der Waals surface area contributed by atoms with Crippen LogP contribution in [0.4, 0.5) is 0 Å². The first-order valence-corrected chi connectivity index (χ1v) is 7.97. The highest BCUT2D eigenvalue weighted by Crippen LogP contribution is 2.14. The van der Waals surface area contributed by atoms with Gasteiger partial charge in [-0.15, -0.1) is 0 Å². The van der Waals surface area contributed by atoms with Crippen LogP contribution in [0.2, 0.25) is 0 Å². The number of piperazine rings is 1. The average molecular weight is 275 g/mol. The summed E-state index contributed by atoms with van der Waals surface area (Å²) in [6.45, 7) is 14.6. The van der Waals surface area contributed by atoms with Crippen LogP contribution in [-0.2, 0) is 13.1 Å². The summed E-state index contributed by atoms with van der Waals surface area (Å²) in [7, 11) is 0. The second-order valence-corrected chi connectivity index (χ2v) is 5.81. The number of likely N-dealkylation sites (N-methyl/N-ethyl adjacent to an activating group) is 1. The predicted molar refractivity (Wildman–Crippen MR) is 85.8 cm³/mol. The van der Waals surface area contributed by atoms with Gasteiger partial charge in [0.1, 0.15) is 0 Å². The predicted octanol–water partition coefficient (Wildman–Crippen LogP) is 2.32. The van der Waals surface area contributed by atoms with Crippen LogP contribution in [0, 0.1) is 0 Å². The molecule has 20 heavy (non-hydrogen) atoms. The van der Waals surface area contributed by atoms with E-state index >= 15 is 0 Å². The second-order valence-electron chi connectivity index (χ2n) is 5.81. The maximum absolute atomic E-state index is 3.40. The van der Waals surface area contributed by atoms with Gasteiger partial charge >= 0.3 is 0 Å². The lowest BCUT2D eigenvalue weighted by molar-refractivity contribution is 0.0834. The summed E-state index contributed by atoms with van der Waals surface area (Å²) >= 11 is 0. The average Bonchev–Trinajstić information content (AvgIpc) is 2.46. The van der Waals surface area contributed by atoms with Crippen molar-refractivity contribution in [3.05, 3.63) is 35.4 Å². The van der Waals surface area contributed by atoms with Gasteiger partial charge in [0, 0.05) is 38.8 Å². The lowest BCUT2D eigenvalue weighted by Crippen LogP contribution is -2.51. The van der Waals surface area contributed by atoms with Crippen LogP contribution >= 0.6 is 0 Å². The standard InChI is InChI=1S/C17H29N3/c1-4-18-12-16-7-6-8-17(11-16)14-19-9-10-20(5-2)15(3)13-19/h6-8,11,15,18H,4-5,9-10,12-14H2,1-3H3. The molecule has 1 unspecified atom stereocenters. The first-order chi connectivity index (χ1) is 9.72. The van der Waals surface area contributed by atoms with E-state index in [9.17, 15) is 0 Å². The van der Waals surface area contributed by atoms with Gasteiger partial charge in [0.2, 0.25) is 0 Å². The molecule has 1 saturated heterocycles. The van der Waals surface area contributed by atoms with Crippen LogP contribution in [-0.4, -0.2) is 48.6 Å². The molecular weight excluding hydrogens is 246 g/mol. The van der Waals surface area contributed by atoms with E-state index in [1.165, 1.54) is 37.3 Å². The molecule has 1 aliphatic heterocycles. The molecule has 0 aliphatic carbocycles. The van der Waals surface area contributed by atoms with Crippen molar-refractivity contribution in [2.45, 2.75) is 39.9 Å². The Morgan fingerprint density at radius 1 is 1.20 bits per heavy atom. The molecule has 1 aromatic carbocycles. The van der Waals surface area contributed by atoms with Crippen LogP contribution < -0.4 is 5.32 Å². The van der Waals surface area contributed by atoms with E-state index < -0.39 is 0 Å². The zero-order chi connectivity index (χ0) is 14.4. The number of rotatable bonds is 6. The fourth-order valence-electron chi connectivity index (χ4n) is 3.05. The molecule has 0 aromatic heterocycles. The zero-order valence-corrected chi connectivity index (χ0v) is 13.2. The molecule has 2 rings (SSSR count). The Bertz CT molecular complexity index is 405. The summed E-state index contributed by atoms with van der Waals surface area (Å²) in [4.78, 5) is 5.15. The van der Waals surface area contributed by atoms with Gasteiger partial charge in [0.15, 0.2) is 0 Å². The van der Waals surface area contributed by atoms with Crippen molar-refractivity contribution in [3.8, 4) is 0 Å². The summed E-state index contributed by atoms with van der Waals surface area (Å²) in [6.07, 6.45) is 0. The molecule has 1 heterocycles. The molecule has 1 atom stereocenters. The topological polar surface area (TPSA) is 18.5 Å². The molecule has 0 spiro atoms. The van der Waals surface area contributed by atoms with Crippen molar-refractivity contribution in [1.82, 2.24) is 15.1 Å². The van der Waals surface area contributed by atoms with E-state index in [2.05, 4.69) is 60.2 Å². The second kappa shape index (κ2) is 7.77. The van der Waals surface area contributed by atoms with E-state index in [0.717, 1.165) is 19.6 Å².